The number of pyridine rings is 1. The van der Waals surface area contributed by atoms with Crippen LogP contribution in [0.5, 0.6) is 5.75 Å². The first-order valence-corrected chi connectivity index (χ1v) is 9.87. The normalized spacial score (nSPS) is 13.4. The monoisotopic (exact) mass is 400 g/mol. The highest BCUT2D eigenvalue weighted by molar-refractivity contribution is 6.08. The number of carbonyl (C=O) groups is 1. The second kappa shape index (κ2) is 7.16. The topological polar surface area (TPSA) is 73.7 Å². The van der Waals surface area contributed by atoms with E-state index in [1.807, 2.05) is 6.07 Å². The number of phenolic OH excluding ortho intramolecular Hbond substituents is 1. The summed E-state index contributed by atoms with van der Waals surface area (Å²) in [6.07, 6.45) is 2.42. The van der Waals surface area contributed by atoms with Crippen molar-refractivity contribution in [2.45, 2.75) is 39.3 Å². The fourth-order valence-corrected chi connectivity index (χ4v) is 3.72. The molecule has 0 aliphatic carbocycles. The lowest BCUT2D eigenvalue weighted by atomic mass is 9.94. The Hall–Kier alpha value is -3.36. The Morgan fingerprint density at radius 1 is 1.20 bits per heavy atom. The first kappa shape index (κ1) is 19.9. The first-order chi connectivity index (χ1) is 14.1. The fourth-order valence-electron chi connectivity index (χ4n) is 3.72. The number of amides is 1. The predicted octanol–water partition coefficient (Wildman–Crippen LogP) is 3.55. The number of aliphatic hydroxyl groups is 1. The fraction of sp³-hybridized carbons (Fsp3) is 0.280. The van der Waals surface area contributed by atoms with Gasteiger partial charge in [0.2, 0.25) is 0 Å². The van der Waals surface area contributed by atoms with Crippen molar-refractivity contribution in [3.8, 4) is 17.6 Å². The molecule has 152 valence electrons. The van der Waals surface area contributed by atoms with Crippen LogP contribution >= 0.6 is 0 Å². The summed E-state index contributed by atoms with van der Waals surface area (Å²) in [6.45, 7) is 5.63. The summed E-state index contributed by atoms with van der Waals surface area (Å²) in [5.41, 5.74) is 4.08. The molecule has 0 radical (unpaired) electrons. The van der Waals surface area contributed by atoms with Crippen LogP contribution in [0.4, 0.5) is 0 Å². The van der Waals surface area contributed by atoms with Gasteiger partial charge in [0.15, 0.2) is 5.75 Å². The standard InChI is InChI=1S/C25H24N2O3/c1-15-5-7-16(8-6-15)11-17-12-19-18(9-10-25(2,3)30)20-14-27(4)24(29)21(20)23(28)22(19)26-13-17/h5-8,12-13,28,30H,11,14H2,1-4H3. The van der Waals surface area contributed by atoms with E-state index in [2.05, 4.69) is 48.0 Å². The lowest BCUT2D eigenvalue weighted by molar-refractivity contribution is 0.0814. The number of hydrogen-bond donors (Lipinski definition) is 2. The smallest absolute Gasteiger partial charge is 0.258 e. The second-order valence-corrected chi connectivity index (χ2v) is 8.45. The molecule has 2 aromatic carbocycles. The number of rotatable bonds is 2. The zero-order valence-corrected chi connectivity index (χ0v) is 17.6. The van der Waals surface area contributed by atoms with Gasteiger partial charge in [0.1, 0.15) is 11.1 Å². The molecule has 1 amide bonds. The predicted molar refractivity (Wildman–Crippen MR) is 116 cm³/mol. The van der Waals surface area contributed by atoms with Gasteiger partial charge < -0.3 is 15.1 Å². The van der Waals surface area contributed by atoms with Crippen molar-refractivity contribution in [2.75, 3.05) is 7.05 Å². The minimum absolute atomic E-state index is 0.106. The molecule has 2 N–H and O–H groups in total. The summed E-state index contributed by atoms with van der Waals surface area (Å²) in [6, 6.07) is 10.3. The molecule has 0 unspecified atom stereocenters. The molecular weight excluding hydrogens is 376 g/mol. The van der Waals surface area contributed by atoms with E-state index >= 15 is 0 Å². The zero-order chi connectivity index (χ0) is 21.6. The molecule has 1 aliphatic heterocycles. The van der Waals surface area contributed by atoms with Crippen LogP contribution in [0.15, 0.2) is 36.5 Å². The van der Waals surface area contributed by atoms with Crippen molar-refractivity contribution in [1.82, 2.24) is 9.88 Å². The maximum atomic E-state index is 12.6. The summed E-state index contributed by atoms with van der Waals surface area (Å²) in [7, 11) is 1.69. The van der Waals surface area contributed by atoms with E-state index < -0.39 is 5.60 Å². The molecule has 0 bridgehead atoms. The molecule has 0 atom stereocenters. The Morgan fingerprint density at radius 3 is 2.57 bits per heavy atom. The molecular formula is C25H24N2O3. The highest BCUT2D eigenvalue weighted by Crippen LogP contribution is 2.39. The number of benzene rings is 2. The average molecular weight is 400 g/mol. The van der Waals surface area contributed by atoms with E-state index in [1.54, 1.807) is 32.0 Å². The van der Waals surface area contributed by atoms with Gasteiger partial charge in [-0.1, -0.05) is 41.7 Å². The van der Waals surface area contributed by atoms with Crippen molar-refractivity contribution < 1.29 is 15.0 Å². The molecule has 1 aliphatic rings. The molecule has 1 aromatic heterocycles. The Balaban J connectivity index is 1.92. The number of carbonyl (C=O) groups excluding carboxylic acids is 1. The Kier molecular flexibility index (Phi) is 4.76. The van der Waals surface area contributed by atoms with Gasteiger partial charge in [-0.05, 0) is 44.4 Å². The molecule has 5 nitrogen and oxygen atoms in total. The third-order valence-electron chi connectivity index (χ3n) is 5.26. The van der Waals surface area contributed by atoms with E-state index in [1.165, 1.54) is 5.56 Å². The lowest BCUT2D eigenvalue weighted by Crippen LogP contribution is -2.17. The van der Waals surface area contributed by atoms with Crippen molar-refractivity contribution in [1.29, 1.82) is 0 Å². The summed E-state index contributed by atoms with van der Waals surface area (Å²) in [5.74, 6) is 5.56. The molecule has 2 heterocycles. The summed E-state index contributed by atoms with van der Waals surface area (Å²) in [5, 5.41) is 21.6. The van der Waals surface area contributed by atoms with Crippen molar-refractivity contribution in [2.24, 2.45) is 0 Å². The number of phenols is 1. The van der Waals surface area contributed by atoms with Crippen LogP contribution in [-0.4, -0.2) is 38.7 Å². The van der Waals surface area contributed by atoms with Crippen molar-refractivity contribution >= 4 is 16.8 Å². The van der Waals surface area contributed by atoms with Gasteiger partial charge in [-0.25, -0.2) is 0 Å². The van der Waals surface area contributed by atoms with Gasteiger partial charge >= 0.3 is 0 Å². The average Bonchev–Trinajstić information content (AvgIpc) is 2.97. The first-order valence-electron chi connectivity index (χ1n) is 9.87. The maximum absolute atomic E-state index is 12.6. The SMILES string of the molecule is Cc1ccc(Cc2cnc3c(O)c4c(c(C#CC(C)(C)O)c3c2)CN(C)C4=O)cc1. The summed E-state index contributed by atoms with van der Waals surface area (Å²) in [4.78, 5) is 18.6. The van der Waals surface area contributed by atoms with Crippen LogP contribution in [0, 0.1) is 18.8 Å². The zero-order valence-electron chi connectivity index (χ0n) is 17.6. The van der Waals surface area contributed by atoms with E-state index in [0.29, 0.717) is 35.0 Å². The van der Waals surface area contributed by atoms with Crippen LogP contribution in [0.25, 0.3) is 10.9 Å². The van der Waals surface area contributed by atoms with Crippen molar-refractivity contribution in [3.63, 3.8) is 0 Å². The molecule has 0 fully saturated rings. The van der Waals surface area contributed by atoms with Crippen LogP contribution < -0.4 is 0 Å². The van der Waals surface area contributed by atoms with Gasteiger partial charge in [0.05, 0.1) is 5.56 Å². The minimum atomic E-state index is -1.18. The lowest BCUT2D eigenvalue weighted by Gasteiger charge is -2.12. The highest BCUT2D eigenvalue weighted by atomic mass is 16.3. The van der Waals surface area contributed by atoms with Crippen LogP contribution in [0.2, 0.25) is 0 Å². The molecule has 3 aromatic rings. The van der Waals surface area contributed by atoms with E-state index in [4.69, 9.17) is 0 Å². The number of aromatic nitrogens is 1. The Bertz CT molecular complexity index is 1230. The molecule has 30 heavy (non-hydrogen) atoms. The number of hydrogen-bond acceptors (Lipinski definition) is 4. The van der Waals surface area contributed by atoms with E-state index in [-0.39, 0.29) is 17.2 Å². The van der Waals surface area contributed by atoms with Crippen LogP contribution in [0.3, 0.4) is 0 Å². The minimum Gasteiger partial charge on any atom is -0.505 e. The molecule has 0 saturated heterocycles. The number of fused-ring (bicyclic) bond motifs is 2. The van der Waals surface area contributed by atoms with Gasteiger partial charge in [0.25, 0.3) is 5.91 Å². The third-order valence-corrected chi connectivity index (χ3v) is 5.26. The van der Waals surface area contributed by atoms with Crippen LogP contribution in [-0.2, 0) is 13.0 Å². The number of aryl methyl sites for hydroxylation is 1. The van der Waals surface area contributed by atoms with Crippen LogP contribution in [0.1, 0.15) is 52.0 Å². The van der Waals surface area contributed by atoms with E-state index in [0.717, 1.165) is 11.1 Å². The quantitative estimate of drug-likeness (QED) is 0.646. The van der Waals surface area contributed by atoms with Gasteiger partial charge in [-0.3, -0.25) is 9.78 Å². The molecule has 5 heteroatoms. The number of nitrogens with zero attached hydrogens (tertiary/aromatic N) is 2. The van der Waals surface area contributed by atoms with Gasteiger partial charge in [0, 0.05) is 36.3 Å². The number of aromatic hydroxyl groups is 1. The molecule has 0 spiro atoms. The third kappa shape index (κ3) is 3.62. The van der Waals surface area contributed by atoms with Gasteiger partial charge in [-0.2, -0.15) is 0 Å². The Labute approximate surface area is 176 Å². The largest absolute Gasteiger partial charge is 0.505 e. The molecule has 4 rings (SSSR count). The summed E-state index contributed by atoms with van der Waals surface area (Å²) < 4.78 is 0. The van der Waals surface area contributed by atoms with Crippen molar-refractivity contribution in [3.05, 3.63) is 69.9 Å². The second-order valence-electron chi connectivity index (χ2n) is 8.45. The summed E-state index contributed by atoms with van der Waals surface area (Å²) >= 11 is 0. The molecule has 0 saturated carbocycles. The Morgan fingerprint density at radius 2 is 1.90 bits per heavy atom. The van der Waals surface area contributed by atoms with E-state index in [9.17, 15) is 15.0 Å². The highest BCUT2D eigenvalue weighted by Gasteiger charge is 2.32. The van der Waals surface area contributed by atoms with Gasteiger partial charge in [-0.15, -0.1) is 0 Å². The maximum Gasteiger partial charge on any atom is 0.258 e.